The first-order valence-corrected chi connectivity index (χ1v) is 10.3. The third-order valence-electron chi connectivity index (χ3n) is 4.16. The van der Waals surface area contributed by atoms with E-state index in [9.17, 15) is 4.79 Å². The van der Waals surface area contributed by atoms with Crippen molar-refractivity contribution in [3.8, 4) is 0 Å². The lowest BCUT2D eigenvalue weighted by Crippen LogP contribution is -2.38. The zero-order valence-corrected chi connectivity index (χ0v) is 18.4. The third kappa shape index (κ3) is 4.42. The smallest absolute Gasteiger partial charge is 0.261 e. The van der Waals surface area contributed by atoms with E-state index in [1.54, 1.807) is 9.30 Å². The van der Waals surface area contributed by atoms with Crippen molar-refractivity contribution in [2.75, 3.05) is 48.6 Å². The highest BCUT2D eigenvalue weighted by Crippen LogP contribution is 2.24. The van der Waals surface area contributed by atoms with E-state index in [1.165, 1.54) is 11.8 Å². The highest BCUT2D eigenvalue weighted by Gasteiger charge is 2.22. The van der Waals surface area contributed by atoms with Crippen molar-refractivity contribution in [2.24, 2.45) is 0 Å². The molecule has 0 aliphatic carbocycles. The fourth-order valence-corrected chi connectivity index (χ4v) is 3.65. The number of hydrogen-bond donors (Lipinski definition) is 0. The number of thioether (sulfide) groups is 1. The number of benzene rings is 1. The summed E-state index contributed by atoms with van der Waals surface area (Å²) >= 11 is 1.33. The van der Waals surface area contributed by atoms with Gasteiger partial charge in [0.05, 0.1) is 5.75 Å². The van der Waals surface area contributed by atoms with Gasteiger partial charge in [-0.05, 0) is 26.0 Å². The molecule has 0 spiro atoms. The molecule has 0 aliphatic rings. The SMILES string of the molecule is CC(C)N(C(=O)CSc1nnc2nc(N(C)C)nc(N(C)C)n12)c1ccccc1. The van der Waals surface area contributed by atoms with E-state index in [0.29, 0.717) is 22.8 Å². The number of carbonyl (C=O) groups is 1. The molecule has 0 aliphatic heterocycles. The molecule has 0 saturated heterocycles. The molecule has 3 rings (SSSR count). The molecule has 2 heterocycles. The molecule has 0 saturated carbocycles. The average molecular weight is 415 g/mol. The van der Waals surface area contributed by atoms with Crippen molar-refractivity contribution in [3.05, 3.63) is 30.3 Å². The van der Waals surface area contributed by atoms with Crippen LogP contribution in [0.2, 0.25) is 0 Å². The molecule has 1 amide bonds. The molecule has 0 bridgehead atoms. The first-order chi connectivity index (χ1) is 13.8. The Kier molecular flexibility index (Phi) is 6.21. The number of anilines is 3. The van der Waals surface area contributed by atoms with Crippen LogP contribution in [0, 0.1) is 0 Å². The second-order valence-corrected chi connectivity index (χ2v) is 8.15. The van der Waals surface area contributed by atoms with Crippen molar-refractivity contribution in [1.82, 2.24) is 24.6 Å². The molecular formula is C19H26N8OS. The van der Waals surface area contributed by atoms with Crippen molar-refractivity contribution in [2.45, 2.75) is 25.0 Å². The quantitative estimate of drug-likeness (QED) is 0.544. The van der Waals surface area contributed by atoms with Gasteiger partial charge >= 0.3 is 0 Å². The molecule has 1 aromatic carbocycles. The fraction of sp³-hybridized carbons (Fsp3) is 0.421. The standard InChI is InChI=1S/C19H26N8OS/c1-13(2)26(14-10-8-7-9-11-14)15(28)12-29-19-23-22-17-20-16(24(3)4)21-18(25(5)6)27(17)19/h7-11,13H,12H2,1-6H3. The minimum Gasteiger partial charge on any atom is -0.348 e. The predicted octanol–water partition coefficient (Wildman–Crippen LogP) is 2.18. The molecule has 0 radical (unpaired) electrons. The van der Waals surface area contributed by atoms with Crippen LogP contribution in [0.4, 0.5) is 17.6 Å². The zero-order chi connectivity index (χ0) is 21.1. The number of hydrogen-bond acceptors (Lipinski definition) is 8. The van der Waals surface area contributed by atoms with Crippen LogP contribution in [-0.2, 0) is 4.79 Å². The Bertz CT molecular complexity index is 987. The molecule has 0 unspecified atom stereocenters. The van der Waals surface area contributed by atoms with Crippen LogP contribution >= 0.6 is 11.8 Å². The summed E-state index contributed by atoms with van der Waals surface area (Å²) in [4.78, 5) is 27.5. The molecular weight excluding hydrogens is 388 g/mol. The molecule has 10 heteroatoms. The Balaban J connectivity index is 1.87. The van der Waals surface area contributed by atoms with Gasteiger partial charge in [0.15, 0.2) is 5.16 Å². The largest absolute Gasteiger partial charge is 0.348 e. The van der Waals surface area contributed by atoms with Crippen LogP contribution < -0.4 is 14.7 Å². The summed E-state index contributed by atoms with van der Waals surface area (Å²) in [6.07, 6.45) is 0. The Labute approximate surface area is 174 Å². The first kappa shape index (κ1) is 20.8. The Morgan fingerprint density at radius 3 is 2.31 bits per heavy atom. The van der Waals surface area contributed by atoms with Gasteiger partial charge in [0.2, 0.25) is 17.8 Å². The summed E-state index contributed by atoms with van der Waals surface area (Å²) < 4.78 is 1.77. The van der Waals surface area contributed by atoms with Gasteiger partial charge in [0, 0.05) is 39.9 Å². The van der Waals surface area contributed by atoms with Gasteiger partial charge in [-0.15, -0.1) is 10.2 Å². The second kappa shape index (κ2) is 8.64. The Hall–Kier alpha value is -2.88. The fourth-order valence-electron chi connectivity index (χ4n) is 2.87. The van der Waals surface area contributed by atoms with Crippen molar-refractivity contribution in [1.29, 1.82) is 0 Å². The summed E-state index contributed by atoms with van der Waals surface area (Å²) in [5.74, 6) is 1.89. The summed E-state index contributed by atoms with van der Waals surface area (Å²) in [5.41, 5.74) is 0.882. The van der Waals surface area contributed by atoms with E-state index >= 15 is 0 Å². The molecule has 9 nitrogen and oxygen atoms in total. The van der Waals surface area contributed by atoms with Crippen LogP contribution in [-0.4, -0.2) is 70.5 Å². The summed E-state index contributed by atoms with van der Waals surface area (Å²) in [6.45, 7) is 4.01. The Morgan fingerprint density at radius 2 is 1.72 bits per heavy atom. The maximum absolute atomic E-state index is 13.0. The van der Waals surface area contributed by atoms with Crippen LogP contribution in [0.1, 0.15) is 13.8 Å². The van der Waals surface area contributed by atoms with E-state index in [4.69, 9.17) is 0 Å². The minimum absolute atomic E-state index is 0.00480. The molecule has 154 valence electrons. The summed E-state index contributed by atoms with van der Waals surface area (Å²) in [6, 6.07) is 9.73. The third-order valence-corrected chi connectivity index (χ3v) is 5.07. The lowest BCUT2D eigenvalue weighted by atomic mass is 10.2. The van der Waals surface area contributed by atoms with E-state index in [1.807, 2.05) is 82.2 Å². The number of rotatable bonds is 7. The molecule has 3 aromatic rings. The van der Waals surface area contributed by atoms with Gasteiger partial charge in [-0.2, -0.15) is 9.97 Å². The van der Waals surface area contributed by atoms with Crippen LogP contribution in [0.5, 0.6) is 0 Å². The molecule has 29 heavy (non-hydrogen) atoms. The summed E-state index contributed by atoms with van der Waals surface area (Å²) in [7, 11) is 7.55. The van der Waals surface area contributed by atoms with Gasteiger partial charge in [0.25, 0.3) is 5.78 Å². The van der Waals surface area contributed by atoms with Gasteiger partial charge in [0.1, 0.15) is 0 Å². The van der Waals surface area contributed by atoms with Crippen molar-refractivity contribution in [3.63, 3.8) is 0 Å². The first-order valence-electron chi connectivity index (χ1n) is 9.27. The number of nitrogens with zero attached hydrogens (tertiary/aromatic N) is 8. The van der Waals surface area contributed by atoms with Crippen LogP contribution in [0.3, 0.4) is 0 Å². The zero-order valence-electron chi connectivity index (χ0n) is 17.6. The summed E-state index contributed by atoms with van der Waals surface area (Å²) in [5, 5.41) is 9.01. The van der Waals surface area contributed by atoms with Crippen LogP contribution in [0.15, 0.2) is 35.5 Å². The maximum Gasteiger partial charge on any atom is 0.261 e. The Morgan fingerprint density at radius 1 is 1.03 bits per heavy atom. The number of para-hydroxylation sites is 1. The highest BCUT2D eigenvalue weighted by molar-refractivity contribution is 7.99. The van der Waals surface area contributed by atoms with Gasteiger partial charge in [-0.1, -0.05) is 30.0 Å². The van der Waals surface area contributed by atoms with Gasteiger partial charge < -0.3 is 14.7 Å². The lowest BCUT2D eigenvalue weighted by Gasteiger charge is -2.26. The topological polar surface area (TPSA) is 82.8 Å². The average Bonchev–Trinajstić information content (AvgIpc) is 3.09. The molecule has 2 aromatic heterocycles. The monoisotopic (exact) mass is 414 g/mol. The van der Waals surface area contributed by atoms with Gasteiger partial charge in [-0.25, -0.2) is 4.40 Å². The minimum atomic E-state index is 0.00480. The van der Waals surface area contributed by atoms with E-state index in [2.05, 4.69) is 20.2 Å². The normalized spacial score (nSPS) is 11.1. The molecule has 0 fully saturated rings. The predicted molar refractivity (Wildman–Crippen MR) is 117 cm³/mol. The number of carbonyl (C=O) groups excluding carboxylic acids is 1. The van der Waals surface area contributed by atoms with E-state index in [0.717, 1.165) is 5.69 Å². The number of aromatic nitrogens is 5. The second-order valence-electron chi connectivity index (χ2n) is 7.21. The highest BCUT2D eigenvalue weighted by atomic mass is 32.2. The van der Waals surface area contributed by atoms with Gasteiger partial charge in [-0.3, -0.25) is 4.79 Å². The van der Waals surface area contributed by atoms with Crippen LogP contribution in [0.25, 0.3) is 5.78 Å². The number of amides is 1. The van der Waals surface area contributed by atoms with Crippen molar-refractivity contribution >= 4 is 41.0 Å². The number of fused-ring (bicyclic) bond motifs is 1. The lowest BCUT2D eigenvalue weighted by molar-refractivity contribution is -0.116. The van der Waals surface area contributed by atoms with E-state index < -0.39 is 0 Å². The maximum atomic E-state index is 13.0. The molecule has 0 atom stereocenters. The van der Waals surface area contributed by atoms with E-state index in [-0.39, 0.29) is 17.7 Å². The molecule has 0 N–H and O–H groups in total. The van der Waals surface area contributed by atoms with Crippen molar-refractivity contribution < 1.29 is 4.79 Å².